The van der Waals surface area contributed by atoms with E-state index in [4.69, 9.17) is 32.7 Å². The fraction of sp³-hybridized carbons (Fsp3) is 0.400. The second-order valence-corrected chi connectivity index (χ2v) is 3.67. The summed E-state index contributed by atoms with van der Waals surface area (Å²) in [6.07, 6.45) is 0. The molecule has 1 aromatic rings. The van der Waals surface area contributed by atoms with Crippen LogP contribution in [0.3, 0.4) is 0 Å². The van der Waals surface area contributed by atoms with Crippen LogP contribution in [0.2, 0.25) is 10.0 Å². The summed E-state index contributed by atoms with van der Waals surface area (Å²) >= 11 is 11.9. The van der Waals surface area contributed by atoms with E-state index in [0.29, 0.717) is 29.0 Å². The third-order valence-electron chi connectivity index (χ3n) is 1.84. The minimum Gasteiger partial charge on any atom is -0.490 e. The van der Waals surface area contributed by atoms with Gasteiger partial charge in [-0.05, 0) is 6.07 Å². The molecule has 84 valence electrons. The first-order valence-corrected chi connectivity index (χ1v) is 5.23. The molecule has 0 bridgehead atoms. The van der Waals surface area contributed by atoms with Crippen LogP contribution in [-0.4, -0.2) is 27.4 Å². The van der Waals surface area contributed by atoms with E-state index in [9.17, 15) is 0 Å². The Kier molecular flexibility index (Phi) is 5.02. The molecule has 0 aliphatic carbocycles. The molecule has 1 N–H and O–H groups in total. The minimum atomic E-state index is 0.459. The van der Waals surface area contributed by atoms with Crippen molar-refractivity contribution in [3.8, 4) is 5.75 Å². The Balaban J connectivity index is 2.78. The molecule has 1 aromatic carbocycles. The highest BCUT2D eigenvalue weighted by atomic mass is 35.5. The van der Waals surface area contributed by atoms with Crippen molar-refractivity contribution in [2.45, 2.75) is 0 Å². The van der Waals surface area contributed by atoms with Crippen LogP contribution in [0, 0.1) is 0 Å². The molecule has 0 aliphatic heterocycles. The topological polar surface area (TPSA) is 30.5 Å². The molecule has 0 atom stereocenters. The van der Waals surface area contributed by atoms with Crippen LogP contribution in [0.25, 0.3) is 0 Å². The quantitative estimate of drug-likeness (QED) is 0.814. The van der Waals surface area contributed by atoms with Gasteiger partial charge in [0.1, 0.15) is 12.4 Å². The Morgan fingerprint density at radius 3 is 2.53 bits per heavy atom. The van der Waals surface area contributed by atoms with Crippen LogP contribution >= 0.6 is 23.2 Å². The van der Waals surface area contributed by atoms with Gasteiger partial charge in [-0.1, -0.05) is 23.2 Å². The van der Waals surface area contributed by atoms with Gasteiger partial charge in [0.05, 0.1) is 22.3 Å². The van der Waals surface area contributed by atoms with Gasteiger partial charge in [0, 0.05) is 20.2 Å². The molecule has 0 radical (unpaired) electrons. The first-order valence-electron chi connectivity index (χ1n) is 4.47. The molecule has 1 rings (SSSR count). The van der Waals surface area contributed by atoms with Crippen molar-refractivity contribution >= 4 is 28.9 Å². The number of ether oxygens (including phenoxy) is 2. The SMILES string of the molecule is CNc1cc(OCCOC)c(Cl)cc1Cl. The normalized spacial score (nSPS) is 10.1. The molecule has 0 fully saturated rings. The van der Waals surface area contributed by atoms with Crippen LogP contribution in [0.15, 0.2) is 12.1 Å². The summed E-state index contributed by atoms with van der Waals surface area (Å²) in [5.41, 5.74) is 0.786. The van der Waals surface area contributed by atoms with Gasteiger partial charge in [0.25, 0.3) is 0 Å². The molecule has 0 aliphatic rings. The molecule has 0 saturated carbocycles. The largest absolute Gasteiger partial charge is 0.490 e. The zero-order valence-corrected chi connectivity index (χ0v) is 10.2. The molecule has 15 heavy (non-hydrogen) atoms. The second-order valence-electron chi connectivity index (χ2n) is 2.85. The predicted octanol–water partition coefficient (Wildman–Crippen LogP) is 3.06. The highest BCUT2D eigenvalue weighted by Crippen LogP contribution is 2.33. The maximum Gasteiger partial charge on any atom is 0.140 e. The number of rotatable bonds is 5. The van der Waals surface area contributed by atoms with Crippen molar-refractivity contribution in [1.82, 2.24) is 0 Å². The summed E-state index contributed by atoms with van der Waals surface area (Å²) in [6, 6.07) is 3.41. The van der Waals surface area contributed by atoms with Gasteiger partial charge < -0.3 is 14.8 Å². The molecular formula is C10H13Cl2NO2. The van der Waals surface area contributed by atoms with E-state index in [-0.39, 0.29) is 0 Å². The monoisotopic (exact) mass is 249 g/mol. The van der Waals surface area contributed by atoms with Gasteiger partial charge >= 0.3 is 0 Å². The lowest BCUT2D eigenvalue weighted by Crippen LogP contribution is -2.05. The average Bonchev–Trinajstić information content (AvgIpc) is 2.21. The first kappa shape index (κ1) is 12.4. The zero-order valence-electron chi connectivity index (χ0n) is 8.64. The van der Waals surface area contributed by atoms with E-state index >= 15 is 0 Å². The van der Waals surface area contributed by atoms with Crippen LogP contribution < -0.4 is 10.1 Å². The van der Waals surface area contributed by atoms with Crippen molar-refractivity contribution in [2.75, 3.05) is 32.7 Å². The van der Waals surface area contributed by atoms with Gasteiger partial charge in [0.15, 0.2) is 0 Å². The number of methoxy groups -OCH3 is 1. The van der Waals surface area contributed by atoms with Crippen LogP contribution in [0.1, 0.15) is 0 Å². The smallest absolute Gasteiger partial charge is 0.140 e. The van der Waals surface area contributed by atoms with Gasteiger partial charge in [-0.3, -0.25) is 0 Å². The molecule has 5 heteroatoms. The van der Waals surface area contributed by atoms with Crippen molar-refractivity contribution in [3.63, 3.8) is 0 Å². The van der Waals surface area contributed by atoms with Gasteiger partial charge in [0.2, 0.25) is 0 Å². The Bertz CT molecular complexity index is 331. The number of hydrogen-bond acceptors (Lipinski definition) is 3. The summed E-state index contributed by atoms with van der Waals surface area (Å²) in [4.78, 5) is 0. The molecule has 0 saturated heterocycles. The standard InChI is InChI=1S/C10H13Cl2NO2/c1-13-9-6-10(15-4-3-14-2)8(12)5-7(9)11/h5-6,13H,3-4H2,1-2H3. The van der Waals surface area contributed by atoms with Crippen LogP contribution in [0.5, 0.6) is 5.75 Å². The van der Waals surface area contributed by atoms with Crippen LogP contribution in [-0.2, 0) is 4.74 Å². The van der Waals surface area contributed by atoms with Crippen LogP contribution in [0.4, 0.5) is 5.69 Å². The van der Waals surface area contributed by atoms with Crippen molar-refractivity contribution in [3.05, 3.63) is 22.2 Å². The average molecular weight is 250 g/mol. The first-order chi connectivity index (χ1) is 7.19. The summed E-state index contributed by atoms with van der Waals surface area (Å²) < 4.78 is 10.3. The Hall–Kier alpha value is -0.640. The zero-order chi connectivity index (χ0) is 11.3. The minimum absolute atomic E-state index is 0.459. The highest BCUT2D eigenvalue weighted by Gasteiger charge is 2.07. The number of benzene rings is 1. The van der Waals surface area contributed by atoms with E-state index in [1.54, 1.807) is 26.3 Å². The molecule has 3 nitrogen and oxygen atoms in total. The van der Waals surface area contributed by atoms with E-state index in [2.05, 4.69) is 5.32 Å². The Morgan fingerprint density at radius 1 is 1.20 bits per heavy atom. The number of halogens is 2. The summed E-state index contributed by atoms with van der Waals surface area (Å²) in [6.45, 7) is 0.981. The van der Waals surface area contributed by atoms with Crippen molar-refractivity contribution in [1.29, 1.82) is 0 Å². The Morgan fingerprint density at radius 2 is 1.93 bits per heavy atom. The van der Waals surface area contributed by atoms with E-state index in [1.165, 1.54) is 0 Å². The summed E-state index contributed by atoms with van der Waals surface area (Å²) in [5.74, 6) is 0.600. The van der Waals surface area contributed by atoms with Gasteiger partial charge in [-0.15, -0.1) is 0 Å². The van der Waals surface area contributed by atoms with E-state index in [1.807, 2.05) is 0 Å². The van der Waals surface area contributed by atoms with Gasteiger partial charge in [-0.2, -0.15) is 0 Å². The summed E-state index contributed by atoms with van der Waals surface area (Å²) in [7, 11) is 3.40. The second kappa shape index (κ2) is 6.05. The molecule has 0 aromatic heterocycles. The number of nitrogens with one attached hydrogen (secondary N) is 1. The van der Waals surface area contributed by atoms with Crippen molar-refractivity contribution in [2.24, 2.45) is 0 Å². The summed E-state index contributed by atoms with van der Waals surface area (Å²) in [5, 5.41) is 4.02. The van der Waals surface area contributed by atoms with Crippen molar-refractivity contribution < 1.29 is 9.47 Å². The molecule has 0 spiro atoms. The molecule has 0 heterocycles. The third kappa shape index (κ3) is 3.45. The highest BCUT2D eigenvalue weighted by molar-refractivity contribution is 6.37. The fourth-order valence-electron chi connectivity index (χ4n) is 1.07. The number of hydrogen-bond donors (Lipinski definition) is 1. The maximum absolute atomic E-state index is 5.96. The van der Waals surface area contributed by atoms with E-state index < -0.39 is 0 Å². The van der Waals surface area contributed by atoms with E-state index in [0.717, 1.165) is 5.69 Å². The molecule has 0 amide bonds. The fourth-order valence-corrected chi connectivity index (χ4v) is 1.60. The lowest BCUT2D eigenvalue weighted by Gasteiger charge is -2.10. The lowest BCUT2D eigenvalue weighted by molar-refractivity contribution is 0.146. The predicted molar refractivity (Wildman–Crippen MR) is 63.4 cm³/mol. The third-order valence-corrected chi connectivity index (χ3v) is 2.44. The number of anilines is 1. The molecule has 0 unspecified atom stereocenters. The van der Waals surface area contributed by atoms with Gasteiger partial charge in [-0.25, -0.2) is 0 Å². The maximum atomic E-state index is 5.96. The Labute approximate surface area is 99.3 Å². The lowest BCUT2D eigenvalue weighted by atomic mass is 10.3. The molecular weight excluding hydrogens is 237 g/mol.